The zero-order valence-corrected chi connectivity index (χ0v) is 13.0. The molecule has 1 amide bonds. The summed E-state index contributed by atoms with van der Waals surface area (Å²) in [5, 5.41) is 7.27. The molecule has 0 aliphatic carbocycles. The van der Waals surface area contributed by atoms with Crippen LogP contribution in [0.25, 0.3) is 0 Å². The molecule has 1 aromatic rings. The van der Waals surface area contributed by atoms with Crippen molar-refractivity contribution in [3.63, 3.8) is 0 Å². The summed E-state index contributed by atoms with van der Waals surface area (Å²) in [4.78, 5) is 12.6. The monoisotopic (exact) mass is 294 g/mol. The summed E-state index contributed by atoms with van der Waals surface area (Å²) in [5.74, 6) is 0.115. The highest BCUT2D eigenvalue weighted by atomic mass is 35.5. The molecule has 2 unspecified atom stereocenters. The van der Waals surface area contributed by atoms with Crippen LogP contribution in [0, 0.1) is 0 Å². The summed E-state index contributed by atoms with van der Waals surface area (Å²) in [6, 6.07) is 7.74. The van der Waals surface area contributed by atoms with E-state index in [9.17, 15) is 4.79 Å². The number of nitrogens with one attached hydrogen (secondary N) is 2. The minimum atomic E-state index is -0.383. The Morgan fingerprint density at radius 3 is 2.85 bits per heavy atom. The number of rotatable bonds is 5. The molecule has 1 aliphatic rings. The van der Waals surface area contributed by atoms with E-state index in [-0.39, 0.29) is 17.5 Å². The van der Waals surface area contributed by atoms with E-state index in [1.165, 1.54) is 0 Å². The van der Waals surface area contributed by atoms with E-state index in [0.29, 0.717) is 5.02 Å². The van der Waals surface area contributed by atoms with Gasteiger partial charge in [0.2, 0.25) is 5.91 Å². The average molecular weight is 295 g/mol. The number of hydrogen-bond acceptors (Lipinski definition) is 2. The summed E-state index contributed by atoms with van der Waals surface area (Å²) in [6.07, 6.45) is 3.66. The molecular formula is C16H23ClN2O. The van der Waals surface area contributed by atoms with Crippen LogP contribution in [0.4, 0.5) is 0 Å². The van der Waals surface area contributed by atoms with Crippen molar-refractivity contribution in [1.82, 2.24) is 10.6 Å². The van der Waals surface area contributed by atoms with Gasteiger partial charge in [0.25, 0.3) is 0 Å². The molecule has 1 aromatic carbocycles. The highest BCUT2D eigenvalue weighted by Gasteiger charge is 2.39. The second kappa shape index (κ2) is 6.59. The van der Waals surface area contributed by atoms with Crippen LogP contribution in [0.3, 0.4) is 0 Å². The van der Waals surface area contributed by atoms with Gasteiger partial charge in [0.15, 0.2) is 0 Å². The van der Waals surface area contributed by atoms with Crippen molar-refractivity contribution >= 4 is 17.5 Å². The fraction of sp³-hybridized carbons (Fsp3) is 0.562. The van der Waals surface area contributed by atoms with Gasteiger partial charge in [-0.05, 0) is 49.9 Å². The number of hydrogen-bond donors (Lipinski definition) is 2. The van der Waals surface area contributed by atoms with Gasteiger partial charge >= 0.3 is 0 Å². The van der Waals surface area contributed by atoms with E-state index in [2.05, 4.69) is 24.5 Å². The summed E-state index contributed by atoms with van der Waals surface area (Å²) in [6.45, 7) is 5.07. The van der Waals surface area contributed by atoms with Crippen LogP contribution in [0.1, 0.15) is 51.1 Å². The van der Waals surface area contributed by atoms with Crippen LogP contribution in [0.2, 0.25) is 5.02 Å². The van der Waals surface area contributed by atoms with Gasteiger partial charge in [-0.15, -0.1) is 0 Å². The van der Waals surface area contributed by atoms with E-state index < -0.39 is 0 Å². The van der Waals surface area contributed by atoms with E-state index in [1.807, 2.05) is 24.3 Å². The fourth-order valence-electron chi connectivity index (χ4n) is 2.90. The number of carbonyl (C=O) groups is 1. The first kappa shape index (κ1) is 15.3. The Labute approximate surface area is 126 Å². The second-order valence-corrected chi connectivity index (χ2v) is 5.89. The predicted octanol–water partition coefficient (Wildman–Crippen LogP) is 3.44. The van der Waals surface area contributed by atoms with Crippen molar-refractivity contribution in [3.05, 3.63) is 34.9 Å². The Balaban J connectivity index is 2.12. The quantitative estimate of drug-likeness (QED) is 0.873. The molecule has 0 spiro atoms. The molecule has 1 saturated heterocycles. The molecule has 0 saturated carbocycles. The lowest BCUT2D eigenvalue weighted by Crippen LogP contribution is -2.53. The summed E-state index contributed by atoms with van der Waals surface area (Å²) >= 11 is 6.04. The first-order valence-corrected chi connectivity index (χ1v) is 7.80. The molecular weight excluding hydrogens is 272 g/mol. The van der Waals surface area contributed by atoms with Crippen molar-refractivity contribution in [3.8, 4) is 0 Å². The van der Waals surface area contributed by atoms with Crippen molar-refractivity contribution in [1.29, 1.82) is 0 Å². The fourth-order valence-corrected chi connectivity index (χ4v) is 3.10. The van der Waals surface area contributed by atoms with Crippen LogP contribution in [0.5, 0.6) is 0 Å². The number of amides is 1. The van der Waals surface area contributed by atoms with Crippen LogP contribution < -0.4 is 10.6 Å². The minimum Gasteiger partial charge on any atom is -0.348 e. The summed E-state index contributed by atoms with van der Waals surface area (Å²) in [5.41, 5.74) is 0.684. The molecule has 1 heterocycles. The molecule has 4 heteroatoms. The van der Waals surface area contributed by atoms with Crippen molar-refractivity contribution in [2.24, 2.45) is 0 Å². The van der Waals surface area contributed by atoms with Crippen LogP contribution in [-0.4, -0.2) is 18.0 Å². The Kier molecular flexibility index (Phi) is 5.06. The van der Waals surface area contributed by atoms with Crippen LogP contribution in [-0.2, 0) is 4.79 Å². The summed E-state index contributed by atoms with van der Waals surface area (Å²) in [7, 11) is 0. The molecule has 110 valence electrons. The van der Waals surface area contributed by atoms with Gasteiger partial charge in [0, 0.05) is 5.02 Å². The van der Waals surface area contributed by atoms with Gasteiger partial charge in [-0.3, -0.25) is 4.79 Å². The average Bonchev–Trinajstić information content (AvgIpc) is 2.94. The number of benzene rings is 1. The van der Waals surface area contributed by atoms with Crippen molar-refractivity contribution in [2.75, 3.05) is 6.54 Å². The highest BCUT2D eigenvalue weighted by molar-refractivity contribution is 6.30. The van der Waals surface area contributed by atoms with Gasteiger partial charge < -0.3 is 10.6 Å². The second-order valence-electron chi connectivity index (χ2n) is 5.46. The van der Waals surface area contributed by atoms with E-state index >= 15 is 0 Å². The lowest BCUT2D eigenvalue weighted by atomic mass is 9.92. The first-order chi connectivity index (χ1) is 9.61. The summed E-state index contributed by atoms with van der Waals surface area (Å²) < 4.78 is 0. The molecule has 2 N–H and O–H groups in total. The van der Waals surface area contributed by atoms with Gasteiger partial charge in [-0.2, -0.15) is 0 Å². The Hall–Kier alpha value is -1.06. The third-order valence-electron chi connectivity index (χ3n) is 4.25. The molecule has 3 nitrogen and oxygen atoms in total. The smallest absolute Gasteiger partial charge is 0.240 e. The maximum absolute atomic E-state index is 12.6. The molecule has 1 fully saturated rings. The number of carbonyl (C=O) groups excluding carboxylic acids is 1. The predicted molar refractivity (Wildman–Crippen MR) is 82.9 cm³/mol. The zero-order chi connectivity index (χ0) is 14.6. The van der Waals surface area contributed by atoms with Crippen molar-refractivity contribution < 1.29 is 4.79 Å². The van der Waals surface area contributed by atoms with Crippen molar-refractivity contribution in [2.45, 2.75) is 51.1 Å². The van der Waals surface area contributed by atoms with Crippen LogP contribution >= 0.6 is 11.6 Å². The molecule has 2 atom stereocenters. The molecule has 0 radical (unpaired) electrons. The molecule has 0 aromatic heterocycles. The van der Waals surface area contributed by atoms with E-state index in [0.717, 1.165) is 37.8 Å². The van der Waals surface area contributed by atoms with E-state index in [4.69, 9.17) is 11.6 Å². The van der Waals surface area contributed by atoms with E-state index in [1.54, 1.807) is 0 Å². The first-order valence-electron chi connectivity index (χ1n) is 7.42. The van der Waals surface area contributed by atoms with Gasteiger partial charge in [0.05, 0.1) is 11.6 Å². The topological polar surface area (TPSA) is 41.1 Å². The standard InChI is InChI=1S/C16H23ClN2O/c1-3-14(12-7-5-8-13(17)11-12)19-15(20)16(4-2)9-6-10-18-16/h5,7-8,11,14,18H,3-4,6,9-10H2,1-2H3,(H,19,20). The lowest BCUT2D eigenvalue weighted by Gasteiger charge is -2.29. The molecule has 2 rings (SSSR count). The highest BCUT2D eigenvalue weighted by Crippen LogP contribution is 2.26. The normalized spacial score (nSPS) is 23.6. The molecule has 0 bridgehead atoms. The zero-order valence-electron chi connectivity index (χ0n) is 12.2. The molecule has 1 aliphatic heterocycles. The Morgan fingerprint density at radius 1 is 1.50 bits per heavy atom. The Morgan fingerprint density at radius 2 is 2.30 bits per heavy atom. The minimum absolute atomic E-state index is 0.0204. The van der Waals surface area contributed by atoms with Gasteiger partial charge in [0.1, 0.15) is 0 Å². The maximum atomic E-state index is 12.6. The largest absolute Gasteiger partial charge is 0.348 e. The third kappa shape index (κ3) is 3.15. The lowest BCUT2D eigenvalue weighted by molar-refractivity contribution is -0.128. The maximum Gasteiger partial charge on any atom is 0.240 e. The number of halogens is 1. The Bertz CT molecular complexity index is 469. The van der Waals surface area contributed by atoms with Gasteiger partial charge in [-0.25, -0.2) is 0 Å². The third-order valence-corrected chi connectivity index (χ3v) is 4.48. The van der Waals surface area contributed by atoms with Crippen LogP contribution in [0.15, 0.2) is 24.3 Å². The molecule has 20 heavy (non-hydrogen) atoms. The van der Waals surface area contributed by atoms with Gasteiger partial charge in [-0.1, -0.05) is 37.6 Å². The SMILES string of the molecule is CCC(NC(=O)C1(CC)CCCN1)c1cccc(Cl)c1.